The Morgan fingerprint density at radius 3 is 2.50 bits per heavy atom. The molecule has 0 aliphatic carbocycles. The van der Waals surface area contributed by atoms with E-state index in [2.05, 4.69) is 10.3 Å². The van der Waals surface area contributed by atoms with Crippen molar-refractivity contribution in [2.24, 2.45) is 0 Å². The highest BCUT2D eigenvalue weighted by Gasteiger charge is 2.13. The molecule has 150 valence electrons. The molecule has 0 aliphatic heterocycles. The minimum absolute atomic E-state index is 0.0774. The smallest absolute Gasteiger partial charge is 0.269 e. The van der Waals surface area contributed by atoms with E-state index in [0.717, 1.165) is 10.4 Å². The first-order chi connectivity index (χ1) is 14.3. The van der Waals surface area contributed by atoms with Gasteiger partial charge in [-0.15, -0.1) is 11.3 Å². The number of carbonyl (C=O) groups is 1. The van der Waals surface area contributed by atoms with Crippen LogP contribution in [0.3, 0.4) is 0 Å². The van der Waals surface area contributed by atoms with Crippen molar-refractivity contribution in [2.75, 3.05) is 5.32 Å². The van der Waals surface area contributed by atoms with E-state index in [1.165, 1.54) is 41.7 Å². The first kappa shape index (κ1) is 21.5. The number of benzene rings is 2. The molecule has 30 heavy (non-hydrogen) atoms. The second-order valence-electron chi connectivity index (χ2n) is 6.06. The lowest BCUT2D eigenvalue weighted by Gasteiger charge is -2.01. The van der Waals surface area contributed by atoms with Crippen molar-refractivity contribution in [1.29, 1.82) is 5.26 Å². The lowest BCUT2D eigenvalue weighted by atomic mass is 10.1. The number of aromatic nitrogens is 1. The van der Waals surface area contributed by atoms with Gasteiger partial charge in [0.2, 0.25) is 0 Å². The summed E-state index contributed by atoms with van der Waals surface area (Å²) < 4.78 is 0. The fourth-order valence-electron chi connectivity index (χ4n) is 2.53. The molecule has 1 aromatic heterocycles. The summed E-state index contributed by atoms with van der Waals surface area (Å²) in [4.78, 5) is 27.6. The van der Waals surface area contributed by atoms with E-state index >= 15 is 0 Å². The van der Waals surface area contributed by atoms with E-state index in [-0.39, 0.29) is 11.3 Å². The van der Waals surface area contributed by atoms with Gasteiger partial charge in [0.25, 0.3) is 11.6 Å². The Morgan fingerprint density at radius 1 is 1.23 bits per heavy atom. The largest absolute Gasteiger partial charge is 0.297 e. The molecule has 0 radical (unpaired) electrons. The minimum atomic E-state index is -0.623. The molecular formula is C20H12Cl2N4O3S. The summed E-state index contributed by atoms with van der Waals surface area (Å²) in [7, 11) is 0. The third-order valence-corrected chi connectivity index (χ3v) is 5.20. The molecule has 7 nitrogen and oxygen atoms in total. The molecule has 0 saturated carbocycles. The Morgan fingerprint density at radius 2 is 1.90 bits per heavy atom. The van der Waals surface area contributed by atoms with Gasteiger partial charge in [0.05, 0.1) is 4.92 Å². The molecule has 0 saturated heterocycles. The highest BCUT2D eigenvalue weighted by Crippen LogP contribution is 2.25. The number of nitriles is 1. The van der Waals surface area contributed by atoms with Crippen molar-refractivity contribution in [3.05, 3.63) is 90.4 Å². The maximum atomic E-state index is 12.4. The molecular weight excluding hydrogens is 447 g/mol. The minimum Gasteiger partial charge on any atom is -0.297 e. The third-order valence-electron chi connectivity index (χ3n) is 3.85. The van der Waals surface area contributed by atoms with Gasteiger partial charge in [-0.2, -0.15) is 5.26 Å². The van der Waals surface area contributed by atoms with Gasteiger partial charge in [0.1, 0.15) is 11.6 Å². The van der Waals surface area contributed by atoms with Crippen LogP contribution in [0.2, 0.25) is 10.0 Å². The van der Waals surface area contributed by atoms with E-state index < -0.39 is 10.8 Å². The molecule has 1 amide bonds. The van der Waals surface area contributed by atoms with Crippen LogP contribution in [0.15, 0.2) is 54.2 Å². The molecule has 0 atom stereocenters. The van der Waals surface area contributed by atoms with Crippen LogP contribution in [0.1, 0.15) is 16.0 Å². The van der Waals surface area contributed by atoms with Gasteiger partial charge in [-0.25, -0.2) is 4.98 Å². The average molecular weight is 459 g/mol. The van der Waals surface area contributed by atoms with Crippen LogP contribution in [-0.2, 0) is 11.2 Å². The van der Waals surface area contributed by atoms with Crippen LogP contribution in [0, 0.1) is 21.4 Å². The second kappa shape index (κ2) is 9.50. The Hall–Kier alpha value is -3.25. The fourth-order valence-corrected chi connectivity index (χ4v) is 3.95. The number of hydrogen-bond acceptors (Lipinski definition) is 6. The molecule has 10 heteroatoms. The molecule has 3 aromatic rings. The van der Waals surface area contributed by atoms with Crippen molar-refractivity contribution in [1.82, 2.24) is 4.98 Å². The predicted molar refractivity (Wildman–Crippen MR) is 117 cm³/mol. The molecule has 0 aliphatic rings. The number of thiazole rings is 1. The standard InChI is InChI=1S/C20H12Cl2N4O3S/c21-15-6-13(7-16(22)9-15)8-18-11-24-20(30-18)25-19(27)14(10-23)5-12-1-3-17(4-2-12)26(28)29/h1-7,9,11H,8H2,(H,24,25,27). The van der Waals surface area contributed by atoms with Crippen LogP contribution in [-0.4, -0.2) is 15.8 Å². The summed E-state index contributed by atoms with van der Waals surface area (Å²) in [6.45, 7) is 0. The number of hydrogen-bond donors (Lipinski definition) is 1. The van der Waals surface area contributed by atoms with Crippen molar-refractivity contribution < 1.29 is 9.72 Å². The van der Waals surface area contributed by atoms with Crippen LogP contribution >= 0.6 is 34.5 Å². The molecule has 0 unspecified atom stereocenters. The van der Waals surface area contributed by atoms with Gasteiger partial charge in [-0.3, -0.25) is 20.2 Å². The van der Waals surface area contributed by atoms with E-state index in [1.54, 1.807) is 24.4 Å². The zero-order valence-corrected chi connectivity index (χ0v) is 17.5. The first-order valence-corrected chi connectivity index (χ1v) is 9.98. The number of anilines is 1. The van der Waals surface area contributed by atoms with Gasteiger partial charge < -0.3 is 0 Å². The fraction of sp³-hybridized carbons (Fsp3) is 0.0500. The quantitative estimate of drug-likeness (QED) is 0.227. The van der Waals surface area contributed by atoms with Crippen LogP contribution in [0.5, 0.6) is 0 Å². The molecule has 1 heterocycles. The molecule has 2 aromatic carbocycles. The maximum absolute atomic E-state index is 12.4. The summed E-state index contributed by atoms with van der Waals surface area (Å²) in [5, 5.41) is 24.0. The monoisotopic (exact) mass is 458 g/mol. The van der Waals surface area contributed by atoms with E-state index in [1.807, 2.05) is 6.07 Å². The number of amides is 1. The summed E-state index contributed by atoms with van der Waals surface area (Å²) >= 11 is 13.3. The average Bonchev–Trinajstić information content (AvgIpc) is 3.12. The highest BCUT2D eigenvalue weighted by atomic mass is 35.5. The number of rotatable bonds is 6. The summed E-state index contributed by atoms with van der Waals surface area (Å²) in [6.07, 6.45) is 3.51. The number of halogens is 2. The van der Waals surface area contributed by atoms with Gasteiger partial charge in [0.15, 0.2) is 5.13 Å². The normalized spacial score (nSPS) is 11.0. The zero-order chi connectivity index (χ0) is 21.7. The van der Waals surface area contributed by atoms with Crippen molar-refractivity contribution in [2.45, 2.75) is 6.42 Å². The van der Waals surface area contributed by atoms with E-state index in [0.29, 0.717) is 27.2 Å². The lowest BCUT2D eigenvalue weighted by Crippen LogP contribution is -2.13. The molecule has 0 fully saturated rings. The van der Waals surface area contributed by atoms with E-state index in [9.17, 15) is 20.2 Å². The Bertz CT molecular complexity index is 1160. The van der Waals surface area contributed by atoms with Crippen molar-refractivity contribution in [3.8, 4) is 6.07 Å². The maximum Gasteiger partial charge on any atom is 0.269 e. The second-order valence-corrected chi connectivity index (χ2v) is 8.05. The van der Waals surface area contributed by atoms with Crippen molar-refractivity contribution >= 4 is 57.3 Å². The van der Waals surface area contributed by atoms with Gasteiger partial charge in [0, 0.05) is 39.7 Å². The number of carbonyl (C=O) groups excluding carboxylic acids is 1. The number of nitro benzene ring substituents is 1. The van der Waals surface area contributed by atoms with Gasteiger partial charge in [-0.1, -0.05) is 23.2 Å². The van der Waals surface area contributed by atoms with Crippen LogP contribution < -0.4 is 5.32 Å². The SMILES string of the molecule is N#CC(=Cc1ccc([N+](=O)[O-])cc1)C(=O)Nc1ncc(Cc2cc(Cl)cc(Cl)c2)s1. The van der Waals surface area contributed by atoms with Gasteiger partial charge >= 0.3 is 0 Å². The number of nitro groups is 1. The first-order valence-electron chi connectivity index (χ1n) is 8.41. The lowest BCUT2D eigenvalue weighted by molar-refractivity contribution is -0.384. The Labute approximate surface area is 185 Å². The summed E-state index contributed by atoms with van der Waals surface area (Å²) in [5.41, 5.74) is 1.17. The number of nitrogens with zero attached hydrogens (tertiary/aromatic N) is 3. The Kier molecular flexibility index (Phi) is 6.79. The molecule has 3 rings (SSSR count). The number of non-ortho nitro benzene ring substituents is 1. The Balaban J connectivity index is 1.70. The molecule has 0 bridgehead atoms. The molecule has 0 spiro atoms. The van der Waals surface area contributed by atoms with E-state index in [4.69, 9.17) is 23.2 Å². The predicted octanol–water partition coefficient (Wildman–Crippen LogP) is 5.49. The third kappa shape index (κ3) is 5.64. The van der Waals surface area contributed by atoms with Crippen LogP contribution in [0.25, 0.3) is 6.08 Å². The topological polar surface area (TPSA) is 109 Å². The number of nitrogens with one attached hydrogen (secondary N) is 1. The highest BCUT2D eigenvalue weighted by molar-refractivity contribution is 7.15. The summed E-state index contributed by atoms with van der Waals surface area (Å²) in [5.74, 6) is -0.623. The summed E-state index contributed by atoms with van der Waals surface area (Å²) in [6, 6.07) is 12.6. The van der Waals surface area contributed by atoms with Crippen LogP contribution in [0.4, 0.5) is 10.8 Å². The zero-order valence-electron chi connectivity index (χ0n) is 15.1. The molecule has 1 N–H and O–H groups in total. The van der Waals surface area contributed by atoms with Gasteiger partial charge in [-0.05, 0) is 47.5 Å². The van der Waals surface area contributed by atoms with Crippen molar-refractivity contribution in [3.63, 3.8) is 0 Å².